The molecule has 1 aromatic rings. The second-order valence-electron chi connectivity index (χ2n) is 4.42. The van der Waals surface area contributed by atoms with Gasteiger partial charge in [0.15, 0.2) is 0 Å². The lowest BCUT2D eigenvalue weighted by molar-refractivity contribution is -0.385. The first-order chi connectivity index (χ1) is 9.82. The molecule has 112 valence electrons. The normalized spacial score (nSPS) is 21.3. The second kappa shape index (κ2) is 5.68. The van der Waals surface area contributed by atoms with Crippen LogP contribution in [0.2, 0.25) is 0 Å². The summed E-state index contributed by atoms with van der Waals surface area (Å²) in [6.07, 6.45) is 0. The quantitative estimate of drug-likeness (QED) is 0.673. The van der Waals surface area contributed by atoms with Crippen LogP contribution in [0.1, 0.15) is 17.3 Å². The minimum atomic E-state index is -1.18. The number of carboxylic acid groups (broad SMARTS) is 1. The summed E-state index contributed by atoms with van der Waals surface area (Å²) in [6.45, 7) is 1.64. The maximum absolute atomic E-state index is 13.1. The SMILES string of the molecule is CC1SCC(C(=O)O)N1C(=O)c1ccc(F)cc1[N+](=O)[O-]. The molecular formula is C12H11FN2O5S. The Kier molecular flexibility index (Phi) is 4.12. The standard InChI is InChI=1S/C12H11FN2O5S/c1-6-14(10(5-21-6)12(17)18)11(16)8-3-2-7(13)4-9(8)15(19)20/h2-4,6,10H,5H2,1H3,(H,17,18). The Labute approximate surface area is 122 Å². The van der Waals surface area contributed by atoms with Crippen LogP contribution >= 0.6 is 11.8 Å². The van der Waals surface area contributed by atoms with Crippen molar-refractivity contribution in [1.29, 1.82) is 0 Å². The van der Waals surface area contributed by atoms with E-state index in [1.54, 1.807) is 6.92 Å². The molecule has 1 saturated heterocycles. The van der Waals surface area contributed by atoms with Crippen LogP contribution in [-0.4, -0.2) is 44.0 Å². The van der Waals surface area contributed by atoms with E-state index in [0.29, 0.717) is 6.07 Å². The predicted octanol–water partition coefficient (Wildman–Crippen LogP) is 1.72. The van der Waals surface area contributed by atoms with E-state index in [1.807, 2.05) is 0 Å². The summed E-state index contributed by atoms with van der Waals surface area (Å²) in [4.78, 5) is 34.7. The first-order valence-electron chi connectivity index (χ1n) is 5.94. The monoisotopic (exact) mass is 314 g/mol. The molecule has 0 saturated carbocycles. The lowest BCUT2D eigenvalue weighted by Gasteiger charge is -2.24. The largest absolute Gasteiger partial charge is 0.480 e. The van der Waals surface area contributed by atoms with Crippen molar-refractivity contribution in [2.75, 3.05) is 5.75 Å². The fourth-order valence-corrected chi connectivity index (χ4v) is 3.28. The molecule has 21 heavy (non-hydrogen) atoms. The van der Waals surface area contributed by atoms with Gasteiger partial charge in [-0.25, -0.2) is 9.18 Å². The molecule has 0 radical (unpaired) electrons. The van der Waals surface area contributed by atoms with Gasteiger partial charge in [0, 0.05) is 5.75 Å². The van der Waals surface area contributed by atoms with E-state index in [0.717, 1.165) is 17.0 Å². The molecule has 2 unspecified atom stereocenters. The average molecular weight is 314 g/mol. The second-order valence-corrected chi connectivity index (χ2v) is 5.77. The van der Waals surface area contributed by atoms with Crippen molar-refractivity contribution in [3.05, 3.63) is 39.7 Å². The number of nitro benzene ring substituents is 1. The van der Waals surface area contributed by atoms with Crippen molar-refractivity contribution < 1.29 is 24.0 Å². The van der Waals surface area contributed by atoms with E-state index in [-0.39, 0.29) is 11.3 Å². The van der Waals surface area contributed by atoms with Gasteiger partial charge in [-0.15, -0.1) is 11.8 Å². The van der Waals surface area contributed by atoms with Crippen LogP contribution in [0.25, 0.3) is 0 Å². The Balaban J connectivity index is 2.44. The Hall–Kier alpha value is -2.16. The molecule has 0 spiro atoms. The lowest BCUT2D eigenvalue weighted by atomic mass is 10.1. The average Bonchev–Trinajstić information content (AvgIpc) is 2.79. The van der Waals surface area contributed by atoms with Gasteiger partial charge in [0.1, 0.15) is 17.4 Å². The number of halogens is 1. The summed E-state index contributed by atoms with van der Waals surface area (Å²) in [5.41, 5.74) is -0.991. The van der Waals surface area contributed by atoms with Gasteiger partial charge in [-0.05, 0) is 19.1 Å². The van der Waals surface area contributed by atoms with Gasteiger partial charge in [-0.3, -0.25) is 14.9 Å². The van der Waals surface area contributed by atoms with Crippen LogP contribution in [0, 0.1) is 15.9 Å². The number of carbonyl (C=O) groups is 2. The van der Waals surface area contributed by atoms with Gasteiger partial charge >= 0.3 is 5.97 Å². The Bertz CT molecular complexity index is 624. The molecule has 2 atom stereocenters. The van der Waals surface area contributed by atoms with Gasteiger partial charge in [0.2, 0.25) is 0 Å². The minimum absolute atomic E-state index is 0.206. The zero-order valence-electron chi connectivity index (χ0n) is 10.9. The van der Waals surface area contributed by atoms with Crippen molar-refractivity contribution in [1.82, 2.24) is 4.90 Å². The fraction of sp³-hybridized carbons (Fsp3) is 0.333. The number of benzene rings is 1. The van der Waals surface area contributed by atoms with Gasteiger partial charge < -0.3 is 10.0 Å². The Morgan fingerprint density at radius 1 is 1.52 bits per heavy atom. The summed E-state index contributed by atoms with van der Waals surface area (Å²) < 4.78 is 13.1. The van der Waals surface area contributed by atoms with Crippen molar-refractivity contribution in [3.8, 4) is 0 Å². The fourth-order valence-electron chi connectivity index (χ4n) is 2.12. The lowest BCUT2D eigenvalue weighted by Crippen LogP contribution is -2.44. The van der Waals surface area contributed by atoms with Crippen molar-refractivity contribution in [3.63, 3.8) is 0 Å². The van der Waals surface area contributed by atoms with Gasteiger partial charge in [-0.1, -0.05) is 0 Å². The van der Waals surface area contributed by atoms with Crippen LogP contribution in [0.4, 0.5) is 10.1 Å². The van der Waals surface area contributed by atoms with E-state index in [4.69, 9.17) is 5.11 Å². The van der Waals surface area contributed by atoms with Crippen LogP contribution in [0.3, 0.4) is 0 Å². The number of amides is 1. The number of hydrogen-bond donors (Lipinski definition) is 1. The van der Waals surface area contributed by atoms with Crippen LogP contribution in [-0.2, 0) is 4.79 Å². The number of aliphatic carboxylic acids is 1. The number of hydrogen-bond acceptors (Lipinski definition) is 5. The van der Waals surface area contributed by atoms with E-state index < -0.39 is 39.7 Å². The summed E-state index contributed by atoms with van der Waals surface area (Å²) in [7, 11) is 0. The van der Waals surface area contributed by atoms with Crippen LogP contribution in [0.15, 0.2) is 18.2 Å². The maximum atomic E-state index is 13.1. The van der Waals surface area contributed by atoms with Crippen molar-refractivity contribution in [2.45, 2.75) is 18.3 Å². The molecule has 0 bridgehead atoms. The molecule has 0 aromatic heterocycles. The van der Waals surface area contributed by atoms with Crippen LogP contribution in [0.5, 0.6) is 0 Å². The molecule has 1 aromatic carbocycles. The number of rotatable bonds is 3. The molecule has 1 aliphatic heterocycles. The first-order valence-corrected chi connectivity index (χ1v) is 6.99. The highest BCUT2D eigenvalue weighted by atomic mass is 32.2. The molecule has 1 amide bonds. The maximum Gasteiger partial charge on any atom is 0.327 e. The Morgan fingerprint density at radius 2 is 2.19 bits per heavy atom. The number of carbonyl (C=O) groups excluding carboxylic acids is 1. The highest BCUT2D eigenvalue weighted by molar-refractivity contribution is 8.00. The molecule has 1 aliphatic rings. The van der Waals surface area contributed by atoms with E-state index in [9.17, 15) is 24.1 Å². The molecule has 1 N–H and O–H groups in total. The number of carboxylic acids is 1. The molecule has 2 rings (SSSR count). The molecular weight excluding hydrogens is 303 g/mol. The molecule has 7 nitrogen and oxygen atoms in total. The number of nitro groups is 1. The van der Waals surface area contributed by atoms with Crippen molar-refractivity contribution in [2.24, 2.45) is 0 Å². The molecule has 0 aliphatic carbocycles. The minimum Gasteiger partial charge on any atom is -0.480 e. The third-order valence-corrected chi connectivity index (χ3v) is 4.35. The molecule has 1 heterocycles. The summed E-state index contributed by atoms with van der Waals surface area (Å²) >= 11 is 1.26. The molecule has 1 fully saturated rings. The topological polar surface area (TPSA) is 101 Å². The van der Waals surface area contributed by atoms with Gasteiger partial charge in [0.05, 0.1) is 16.4 Å². The Morgan fingerprint density at radius 3 is 2.76 bits per heavy atom. The summed E-state index contributed by atoms with van der Waals surface area (Å²) in [5, 5.41) is 19.6. The summed E-state index contributed by atoms with van der Waals surface area (Å²) in [5.74, 6) is -2.59. The third-order valence-electron chi connectivity index (χ3n) is 3.13. The van der Waals surface area contributed by atoms with Crippen LogP contribution < -0.4 is 0 Å². The number of thioether (sulfide) groups is 1. The zero-order chi connectivity index (χ0) is 15.7. The predicted molar refractivity (Wildman–Crippen MR) is 72.6 cm³/mol. The zero-order valence-corrected chi connectivity index (χ0v) is 11.7. The first kappa shape index (κ1) is 15.2. The van der Waals surface area contributed by atoms with Crippen molar-refractivity contribution >= 4 is 29.3 Å². The van der Waals surface area contributed by atoms with E-state index in [2.05, 4.69) is 0 Å². The third kappa shape index (κ3) is 2.82. The van der Waals surface area contributed by atoms with E-state index >= 15 is 0 Å². The highest BCUT2D eigenvalue weighted by Crippen LogP contribution is 2.32. The van der Waals surface area contributed by atoms with Gasteiger partial charge in [-0.2, -0.15) is 0 Å². The van der Waals surface area contributed by atoms with Gasteiger partial charge in [0.25, 0.3) is 11.6 Å². The number of nitrogens with zero attached hydrogens (tertiary/aromatic N) is 2. The molecule has 9 heteroatoms. The van der Waals surface area contributed by atoms with E-state index in [1.165, 1.54) is 11.8 Å². The highest BCUT2D eigenvalue weighted by Gasteiger charge is 2.41. The smallest absolute Gasteiger partial charge is 0.327 e. The summed E-state index contributed by atoms with van der Waals surface area (Å²) in [6, 6.07) is 1.53.